The average Bonchev–Trinajstić information content (AvgIpc) is 2.37. The third kappa shape index (κ3) is 15.1. The van der Waals surface area contributed by atoms with E-state index in [-0.39, 0.29) is 5.91 Å². The molecule has 1 N–H and O–H groups in total. The van der Waals surface area contributed by atoms with Gasteiger partial charge in [0.25, 0.3) is 0 Å². The minimum Gasteiger partial charge on any atom is -0.379 e. The Morgan fingerprint density at radius 1 is 1.16 bits per heavy atom. The molecular weight excluding hydrogens is 242 g/mol. The number of unbranched alkanes of at least 4 members (excludes halogenated alkanes) is 1. The van der Waals surface area contributed by atoms with Crippen molar-refractivity contribution in [1.29, 1.82) is 0 Å². The number of nitrogens with one attached hydrogen (secondary N) is 1. The maximum Gasteiger partial charge on any atom is 0.222 e. The minimum atomic E-state index is 0.0281. The molecule has 0 saturated heterocycles. The average molecular weight is 271 g/mol. The van der Waals surface area contributed by atoms with Crippen LogP contribution < -0.4 is 5.32 Å². The normalized spacial score (nSPS) is 11.4. The number of amides is 1. The lowest BCUT2D eigenvalue weighted by atomic mass is 10.2. The Labute approximate surface area is 117 Å². The SMILES string of the molecule is CCCCOCCOCCC(=O)NC/C=C/C(C)C. The fourth-order valence-electron chi connectivity index (χ4n) is 1.33. The molecule has 0 unspecified atom stereocenters. The Hall–Kier alpha value is -0.870. The first-order valence-electron chi connectivity index (χ1n) is 7.25. The summed E-state index contributed by atoms with van der Waals surface area (Å²) in [5.74, 6) is 0.549. The Kier molecular flexibility index (Phi) is 12.9. The van der Waals surface area contributed by atoms with Gasteiger partial charge >= 0.3 is 0 Å². The second-order valence-electron chi connectivity index (χ2n) is 4.80. The van der Waals surface area contributed by atoms with Crippen molar-refractivity contribution in [3.05, 3.63) is 12.2 Å². The van der Waals surface area contributed by atoms with E-state index >= 15 is 0 Å². The van der Waals surface area contributed by atoms with E-state index < -0.39 is 0 Å². The van der Waals surface area contributed by atoms with Gasteiger partial charge < -0.3 is 14.8 Å². The van der Waals surface area contributed by atoms with Gasteiger partial charge in [-0.05, 0) is 12.3 Å². The summed E-state index contributed by atoms with van der Waals surface area (Å²) in [6.07, 6.45) is 6.69. The van der Waals surface area contributed by atoms with Crippen LogP contribution in [0.3, 0.4) is 0 Å². The molecule has 0 heterocycles. The molecule has 0 aromatic carbocycles. The van der Waals surface area contributed by atoms with Crippen LogP contribution in [-0.4, -0.2) is 38.9 Å². The maximum atomic E-state index is 11.4. The second kappa shape index (κ2) is 13.6. The first-order valence-corrected chi connectivity index (χ1v) is 7.25. The van der Waals surface area contributed by atoms with Crippen LogP contribution in [0.25, 0.3) is 0 Å². The zero-order valence-corrected chi connectivity index (χ0v) is 12.6. The Bertz CT molecular complexity index is 240. The highest BCUT2D eigenvalue weighted by atomic mass is 16.5. The molecule has 0 aliphatic heterocycles. The number of rotatable bonds is 12. The van der Waals surface area contributed by atoms with Crippen LogP contribution in [-0.2, 0) is 14.3 Å². The summed E-state index contributed by atoms with van der Waals surface area (Å²) in [5.41, 5.74) is 0. The molecule has 0 aromatic heterocycles. The van der Waals surface area contributed by atoms with Crippen LogP contribution in [0.4, 0.5) is 0 Å². The summed E-state index contributed by atoms with van der Waals surface area (Å²) >= 11 is 0. The molecule has 112 valence electrons. The van der Waals surface area contributed by atoms with E-state index in [4.69, 9.17) is 9.47 Å². The highest BCUT2D eigenvalue weighted by Crippen LogP contribution is 1.92. The molecule has 0 aromatic rings. The van der Waals surface area contributed by atoms with Crippen molar-refractivity contribution < 1.29 is 14.3 Å². The molecule has 4 nitrogen and oxygen atoms in total. The largest absolute Gasteiger partial charge is 0.379 e. The number of hydrogen-bond donors (Lipinski definition) is 1. The van der Waals surface area contributed by atoms with Crippen molar-refractivity contribution >= 4 is 5.91 Å². The Morgan fingerprint density at radius 3 is 2.47 bits per heavy atom. The van der Waals surface area contributed by atoms with Gasteiger partial charge in [0.05, 0.1) is 19.8 Å². The molecule has 1 amide bonds. The van der Waals surface area contributed by atoms with Gasteiger partial charge in [-0.25, -0.2) is 0 Å². The molecule has 0 spiro atoms. The van der Waals surface area contributed by atoms with Gasteiger partial charge in [-0.3, -0.25) is 4.79 Å². The van der Waals surface area contributed by atoms with Gasteiger partial charge in [-0.2, -0.15) is 0 Å². The molecule has 0 atom stereocenters. The van der Waals surface area contributed by atoms with Crippen molar-refractivity contribution in [2.45, 2.75) is 40.0 Å². The Morgan fingerprint density at radius 2 is 1.84 bits per heavy atom. The van der Waals surface area contributed by atoms with E-state index in [0.29, 0.717) is 38.7 Å². The van der Waals surface area contributed by atoms with Crippen molar-refractivity contribution in [3.8, 4) is 0 Å². The predicted octanol–water partition coefficient (Wildman–Crippen LogP) is 2.54. The lowest BCUT2D eigenvalue weighted by molar-refractivity contribution is -0.122. The summed E-state index contributed by atoms with van der Waals surface area (Å²) in [6.45, 7) is 9.36. The highest BCUT2D eigenvalue weighted by Gasteiger charge is 1.99. The van der Waals surface area contributed by atoms with Crippen LogP contribution in [0.2, 0.25) is 0 Å². The number of carbonyl (C=O) groups is 1. The van der Waals surface area contributed by atoms with E-state index in [9.17, 15) is 4.79 Å². The first kappa shape index (κ1) is 18.1. The third-order valence-electron chi connectivity index (χ3n) is 2.43. The van der Waals surface area contributed by atoms with E-state index in [1.807, 2.05) is 6.08 Å². The first-order chi connectivity index (χ1) is 9.16. The summed E-state index contributed by atoms with van der Waals surface area (Å²) in [6, 6.07) is 0. The van der Waals surface area contributed by atoms with E-state index in [1.165, 1.54) is 0 Å². The van der Waals surface area contributed by atoms with Gasteiger partial charge in [-0.15, -0.1) is 0 Å². The number of carbonyl (C=O) groups excluding carboxylic acids is 1. The maximum absolute atomic E-state index is 11.4. The molecule has 0 fully saturated rings. The van der Waals surface area contributed by atoms with Crippen molar-refractivity contribution in [2.75, 3.05) is 33.0 Å². The lowest BCUT2D eigenvalue weighted by Crippen LogP contribution is -2.24. The van der Waals surface area contributed by atoms with Crippen LogP contribution in [0.1, 0.15) is 40.0 Å². The molecule has 0 saturated carbocycles. The number of hydrogen-bond acceptors (Lipinski definition) is 3. The van der Waals surface area contributed by atoms with Crippen molar-refractivity contribution in [2.24, 2.45) is 5.92 Å². The zero-order chi connectivity index (χ0) is 14.3. The van der Waals surface area contributed by atoms with Gasteiger partial charge in [0.15, 0.2) is 0 Å². The van der Waals surface area contributed by atoms with Crippen molar-refractivity contribution in [1.82, 2.24) is 5.32 Å². The van der Waals surface area contributed by atoms with E-state index in [2.05, 4.69) is 32.2 Å². The molecule has 0 aliphatic rings. The van der Waals surface area contributed by atoms with Crippen LogP contribution in [0, 0.1) is 5.92 Å². The molecule has 0 rings (SSSR count). The van der Waals surface area contributed by atoms with Crippen molar-refractivity contribution in [3.63, 3.8) is 0 Å². The lowest BCUT2D eigenvalue weighted by Gasteiger charge is -2.05. The number of allylic oxidation sites excluding steroid dienone is 1. The zero-order valence-electron chi connectivity index (χ0n) is 12.6. The fourth-order valence-corrected chi connectivity index (χ4v) is 1.33. The van der Waals surface area contributed by atoms with Crippen LogP contribution in [0.15, 0.2) is 12.2 Å². The smallest absolute Gasteiger partial charge is 0.222 e. The predicted molar refractivity (Wildman–Crippen MR) is 78.2 cm³/mol. The molecule has 4 heteroatoms. The number of ether oxygens (including phenoxy) is 2. The fraction of sp³-hybridized carbons (Fsp3) is 0.800. The van der Waals surface area contributed by atoms with E-state index in [0.717, 1.165) is 19.4 Å². The van der Waals surface area contributed by atoms with Gasteiger partial charge in [0.2, 0.25) is 5.91 Å². The monoisotopic (exact) mass is 271 g/mol. The van der Waals surface area contributed by atoms with Gasteiger partial charge in [0.1, 0.15) is 0 Å². The van der Waals surface area contributed by atoms with Gasteiger partial charge in [-0.1, -0.05) is 39.3 Å². The highest BCUT2D eigenvalue weighted by molar-refractivity contribution is 5.76. The summed E-state index contributed by atoms with van der Waals surface area (Å²) < 4.78 is 10.7. The molecule has 0 aliphatic carbocycles. The van der Waals surface area contributed by atoms with Crippen LogP contribution in [0.5, 0.6) is 0 Å². The van der Waals surface area contributed by atoms with Crippen LogP contribution >= 0.6 is 0 Å². The third-order valence-corrected chi connectivity index (χ3v) is 2.43. The minimum absolute atomic E-state index is 0.0281. The quantitative estimate of drug-likeness (QED) is 0.438. The standard InChI is InChI=1S/C15H29NO3/c1-4-5-10-18-12-13-19-11-8-15(17)16-9-6-7-14(2)3/h6-7,14H,4-5,8-13H2,1-3H3,(H,16,17)/b7-6+. The topological polar surface area (TPSA) is 47.6 Å². The summed E-state index contributed by atoms with van der Waals surface area (Å²) in [5, 5.41) is 2.82. The Balaban J connectivity index is 3.25. The van der Waals surface area contributed by atoms with Gasteiger partial charge in [0, 0.05) is 19.6 Å². The summed E-state index contributed by atoms with van der Waals surface area (Å²) in [7, 11) is 0. The molecular formula is C15H29NO3. The second-order valence-corrected chi connectivity index (χ2v) is 4.80. The molecule has 0 radical (unpaired) electrons. The molecule has 0 bridgehead atoms. The van der Waals surface area contributed by atoms with E-state index in [1.54, 1.807) is 0 Å². The summed E-state index contributed by atoms with van der Waals surface area (Å²) in [4.78, 5) is 11.4. The molecule has 19 heavy (non-hydrogen) atoms.